The van der Waals surface area contributed by atoms with Crippen molar-refractivity contribution >= 4 is 17.3 Å². The van der Waals surface area contributed by atoms with Crippen molar-refractivity contribution < 1.29 is 14.3 Å². The van der Waals surface area contributed by atoms with Crippen LogP contribution in [0.3, 0.4) is 0 Å². The van der Waals surface area contributed by atoms with Crippen molar-refractivity contribution in [2.24, 2.45) is 0 Å². The van der Waals surface area contributed by atoms with Crippen LogP contribution in [0.4, 0.5) is 5.69 Å². The standard InChI is InChI=1S/C18H15NO3/c1-21-12-9-10-13-14-6-4-8-18(20)19(14)15-5-2-3-7-16(15)22-17(13)11-12/h2-3,5-7,9-11H,4,8H2,1H3. The number of allylic oxidation sites excluding steroid dienone is 1. The Balaban J connectivity index is 1.99. The number of ether oxygens (including phenoxy) is 2. The first kappa shape index (κ1) is 13.0. The molecule has 4 nitrogen and oxygen atoms in total. The fraction of sp³-hybridized carbons (Fsp3) is 0.167. The fourth-order valence-electron chi connectivity index (χ4n) is 2.94. The maximum absolute atomic E-state index is 12.5. The molecule has 2 aliphatic heterocycles. The predicted molar refractivity (Wildman–Crippen MR) is 84.2 cm³/mol. The number of carbonyl (C=O) groups excluding carboxylic acids is 1. The third-order valence-corrected chi connectivity index (χ3v) is 3.98. The van der Waals surface area contributed by atoms with Gasteiger partial charge in [-0.2, -0.15) is 0 Å². The molecule has 0 aromatic heterocycles. The molecule has 0 saturated carbocycles. The zero-order valence-electron chi connectivity index (χ0n) is 12.2. The van der Waals surface area contributed by atoms with Gasteiger partial charge in [0.25, 0.3) is 0 Å². The lowest BCUT2D eigenvalue weighted by Gasteiger charge is -2.27. The number of hydrogen-bond acceptors (Lipinski definition) is 3. The summed E-state index contributed by atoms with van der Waals surface area (Å²) in [7, 11) is 1.63. The molecule has 0 aliphatic carbocycles. The molecule has 2 aromatic rings. The van der Waals surface area contributed by atoms with E-state index in [1.54, 1.807) is 12.0 Å². The number of carbonyl (C=O) groups is 1. The average molecular weight is 293 g/mol. The lowest BCUT2D eigenvalue weighted by molar-refractivity contribution is -0.118. The van der Waals surface area contributed by atoms with Gasteiger partial charge in [0, 0.05) is 18.1 Å². The molecular weight excluding hydrogens is 278 g/mol. The highest BCUT2D eigenvalue weighted by Gasteiger charge is 2.31. The van der Waals surface area contributed by atoms with E-state index in [4.69, 9.17) is 9.47 Å². The molecule has 0 N–H and O–H groups in total. The summed E-state index contributed by atoms with van der Waals surface area (Å²) in [5, 5.41) is 0. The molecule has 0 saturated heterocycles. The van der Waals surface area contributed by atoms with E-state index < -0.39 is 0 Å². The van der Waals surface area contributed by atoms with Crippen molar-refractivity contribution in [2.45, 2.75) is 12.8 Å². The highest BCUT2D eigenvalue weighted by atomic mass is 16.5. The lowest BCUT2D eigenvalue weighted by atomic mass is 10.0. The van der Waals surface area contributed by atoms with Crippen LogP contribution in [-0.4, -0.2) is 13.0 Å². The molecule has 110 valence electrons. The van der Waals surface area contributed by atoms with Crippen molar-refractivity contribution in [1.29, 1.82) is 0 Å². The van der Waals surface area contributed by atoms with Gasteiger partial charge < -0.3 is 9.47 Å². The van der Waals surface area contributed by atoms with Gasteiger partial charge in [0.1, 0.15) is 11.5 Å². The maximum Gasteiger partial charge on any atom is 0.231 e. The Bertz CT molecular complexity index is 795. The lowest BCUT2D eigenvalue weighted by Crippen LogP contribution is -2.31. The van der Waals surface area contributed by atoms with E-state index >= 15 is 0 Å². The van der Waals surface area contributed by atoms with Gasteiger partial charge in [0.15, 0.2) is 5.75 Å². The van der Waals surface area contributed by atoms with Crippen molar-refractivity contribution in [3.63, 3.8) is 0 Å². The van der Waals surface area contributed by atoms with Crippen LogP contribution in [0, 0.1) is 0 Å². The van der Waals surface area contributed by atoms with E-state index in [-0.39, 0.29) is 5.91 Å². The monoisotopic (exact) mass is 293 g/mol. The van der Waals surface area contributed by atoms with Crippen molar-refractivity contribution in [3.05, 3.63) is 54.1 Å². The molecule has 4 heteroatoms. The SMILES string of the molecule is COc1ccc2c(c1)Oc1ccccc1N1C(=O)CCC=C21. The number of para-hydroxylation sites is 2. The summed E-state index contributed by atoms with van der Waals surface area (Å²) in [6.45, 7) is 0. The second kappa shape index (κ2) is 4.91. The molecule has 2 aromatic carbocycles. The smallest absolute Gasteiger partial charge is 0.231 e. The molecule has 2 aliphatic rings. The number of rotatable bonds is 1. The van der Waals surface area contributed by atoms with Gasteiger partial charge in [-0.15, -0.1) is 0 Å². The molecular formula is C18H15NO3. The van der Waals surface area contributed by atoms with Crippen LogP contribution in [0.5, 0.6) is 17.2 Å². The van der Waals surface area contributed by atoms with Crippen LogP contribution < -0.4 is 14.4 Å². The Kier molecular flexibility index (Phi) is 2.89. The topological polar surface area (TPSA) is 38.8 Å². The predicted octanol–water partition coefficient (Wildman–Crippen LogP) is 3.97. The molecule has 22 heavy (non-hydrogen) atoms. The Morgan fingerprint density at radius 1 is 1.14 bits per heavy atom. The summed E-state index contributed by atoms with van der Waals surface area (Å²) >= 11 is 0. The van der Waals surface area contributed by atoms with E-state index in [2.05, 4.69) is 6.08 Å². The normalized spacial score (nSPS) is 15.8. The van der Waals surface area contributed by atoms with Gasteiger partial charge in [0.05, 0.1) is 18.5 Å². The van der Waals surface area contributed by atoms with Gasteiger partial charge >= 0.3 is 0 Å². The van der Waals surface area contributed by atoms with Gasteiger partial charge in [-0.3, -0.25) is 9.69 Å². The van der Waals surface area contributed by atoms with E-state index in [0.717, 1.165) is 29.1 Å². The highest BCUT2D eigenvalue weighted by Crippen LogP contribution is 2.46. The van der Waals surface area contributed by atoms with Crippen LogP contribution in [0.1, 0.15) is 18.4 Å². The minimum atomic E-state index is 0.0946. The van der Waals surface area contributed by atoms with Crippen molar-refractivity contribution in [1.82, 2.24) is 0 Å². The average Bonchev–Trinajstić information content (AvgIpc) is 2.69. The summed E-state index contributed by atoms with van der Waals surface area (Å²) in [4.78, 5) is 14.2. The number of amides is 1. The number of nitrogens with zero attached hydrogens (tertiary/aromatic N) is 1. The van der Waals surface area contributed by atoms with Gasteiger partial charge in [-0.1, -0.05) is 18.2 Å². The van der Waals surface area contributed by atoms with Gasteiger partial charge in [-0.05, 0) is 30.7 Å². The fourth-order valence-corrected chi connectivity index (χ4v) is 2.94. The zero-order chi connectivity index (χ0) is 15.1. The summed E-state index contributed by atoms with van der Waals surface area (Å²) in [5.41, 5.74) is 2.58. The minimum absolute atomic E-state index is 0.0946. The summed E-state index contributed by atoms with van der Waals surface area (Å²) in [5.74, 6) is 2.20. The van der Waals surface area contributed by atoms with E-state index in [1.165, 1.54) is 0 Å². The zero-order valence-corrected chi connectivity index (χ0v) is 12.2. The molecule has 0 unspecified atom stereocenters. The third kappa shape index (κ3) is 1.88. The summed E-state index contributed by atoms with van der Waals surface area (Å²) < 4.78 is 11.4. The van der Waals surface area contributed by atoms with Crippen LogP contribution in [-0.2, 0) is 4.79 Å². The number of benzene rings is 2. The molecule has 1 amide bonds. The quantitative estimate of drug-likeness (QED) is 0.798. The van der Waals surface area contributed by atoms with Crippen molar-refractivity contribution in [3.8, 4) is 17.2 Å². The maximum atomic E-state index is 12.5. The Morgan fingerprint density at radius 3 is 2.86 bits per heavy atom. The second-order valence-electron chi connectivity index (χ2n) is 5.29. The van der Waals surface area contributed by atoms with E-state index in [1.807, 2.05) is 42.5 Å². The van der Waals surface area contributed by atoms with Crippen LogP contribution in [0.2, 0.25) is 0 Å². The van der Waals surface area contributed by atoms with Gasteiger partial charge in [-0.25, -0.2) is 0 Å². The van der Waals surface area contributed by atoms with Crippen LogP contribution in [0.15, 0.2) is 48.5 Å². The molecule has 2 heterocycles. The van der Waals surface area contributed by atoms with E-state index in [0.29, 0.717) is 17.9 Å². The highest BCUT2D eigenvalue weighted by molar-refractivity contribution is 6.09. The second-order valence-corrected chi connectivity index (χ2v) is 5.29. The molecule has 0 spiro atoms. The first-order valence-corrected chi connectivity index (χ1v) is 7.26. The molecule has 0 radical (unpaired) electrons. The first-order chi connectivity index (χ1) is 10.8. The van der Waals surface area contributed by atoms with Crippen LogP contribution >= 0.6 is 0 Å². The Hall–Kier alpha value is -2.75. The molecule has 0 bridgehead atoms. The number of fused-ring (bicyclic) bond motifs is 5. The minimum Gasteiger partial charge on any atom is -0.497 e. The first-order valence-electron chi connectivity index (χ1n) is 7.26. The van der Waals surface area contributed by atoms with Gasteiger partial charge in [0.2, 0.25) is 5.91 Å². The number of anilines is 1. The van der Waals surface area contributed by atoms with E-state index in [9.17, 15) is 4.79 Å². The Morgan fingerprint density at radius 2 is 2.00 bits per heavy atom. The Labute approximate surface area is 128 Å². The molecule has 0 atom stereocenters. The number of methoxy groups -OCH3 is 1. The summed E-state index contributed by atoms with van der Waals surface area (Å²) in [6, 6.07) is 13.3. The molecule has 4 rings (SSSR count). The third-order valence-electron chi connectivity index (χ3n) is 3.98. The van der Waals surface area contributed by atoms with Crippen molar-refractivity contribution in [2.75, 3.05) is 12.0 Å². The van der Waals surface area contributed by atoms with Crippen LogP contribution in [0.25, 0.3) is 5.70 Å². The largest absolute Gasteiger partial charge is 0.497 e. The molecule has 0 fully saturated rings. The summed E-state index contributed by atoms with van der Waals surface area (Å²) in [6.07, 6.45) is 3.36. The number of hydrogen-bond donors (Lipinski definition) is 0.